The third-order valence-corrected chi connectivity index (χ3v) is 3.91. The van der Waals surface area contributed by atoms with Gasteiger partial charge in [0, 0.05) is 11.4 Å². The SMILES string of the molecule is CCCCCCCc1ccc(CCCCCCC)[nH]1. The fourth-order valence-electron chi connectivity index (χ4n) is 2.62. The predicted octanol–water partition coefficient (Wildman–Crippen LogP) is 6.04. The molecule has 0 aromatic carbocycles. The summed E-state index contributed by atoms with van der Waals surface area (Å²) in [6, 6.07) is 4.59. The van der Waals surface area contributed by atoms with Crippen LogP contribution in [0.15, 0.2) is 12.1 Å². The van der Waals surface area contributed by atoms with Crippen LogP contribution in [0.4, 0.5) is 0 Å². The van der Waals surface area contributed by atoms with Gasteiger partial charge in [-0.2, -0.15) is 0 Å². The summed E-state index contributed by atoms with van der Waals surface area (Å²) >= 11 is 0. The van der Waals surface area contributed by atoms with E-state index < -0.39 is 0 Å². The van der Waals surface area contributed by atoms with E-state index in [1.807, 2.05) is 0 Å². The lowest BCUT2D eigenvalue weighted by atomic mass is 10.1. The number of rotatable bonds is 12. The number of hydrogen-bond acceptors (Lipinski definition) is 0. The Morgan fingerprint density at radius 1 is 0.632 bits per heavy atom. The molecule has 0 radical (unpaired) electrons. The zero-order chi connectivity index (χ0) is 13.8. The zero-order valence-corrected chi connectivity index (χ0v) is 13.1. The van der Waals surface area contributed by atoms with Gasteiger partial charge in [0.15, 0.2) is 0 Å². The quantitative estimate of drug-likeness (QED) is 0.442. The molecule has 0 spiro atoms. The monoisotopic (exact) mass is 263 g/mol. The molecule has 0 unspecified atom stereocenters. The highest BCUT2D eigenvalue weighted by Gasteiger charge is 1.99. The number of aryl methyl sites for hydroxylation is 2. The fourth-order valence-corrected chi connectivity index (χ4v) is 2.62. The third kappa shape index (κ3) is 8.13. The first-order valence-electron chi connectivity index (χ1n) is 8.53. The van der Waals surface area contributed by atoms with Crippen molar-refractivity contribution >= 4 is 0 Å². The Bertz CT molecular complexity index is 272. The Kier molecular flexibility index (Phi) is 9.57. The van der Waals surface area contributed by atoms with Gasteiger partial charge >= 0.3 is 0 Å². The second-order valence-corrected chi connectivity index (χ2v) is 5.84. The minimum absolute atomic E-state index is 1.24. The van der Waals surface area contributed by atoms with E-state index in [-0.39, 0.29) is 0 Å². The van der Waals surface area contributed by atoms with Crippen molar-refractivity contribution in [3.8, 4) is 0 Å². The second kappa shape index (κ2) is 11.1. The summed E-state index contributed by atoms with van der Waals surface area (Å²) in [6.07, 6.45) is 16.2. The van der Waals surface area contributed by atoms with E-state index in [2.05, 4.69) is 31.0 Å². The standard InChI is InChI=1S/C18H33N/c1-3-5-7-9-11-13-17-15-16-18(19-17)14-12-10-8-6-4-2/h15-16,19H,3-14H2,1-2H3. The van der Waals surface area contributed by atoms with Gasteiger partial charge in [-0.25, -0.2) is 0 Å². The van der Waals surface area contributed by atoms with Crippen molar-refractivity contribution < 1.29 is 0 Å². The molecule has 1 aromatic rings. The minimum atomic E-state index is 1.24. The van der Waals surface area contributed by atoms with Crippen LogP contribution < -0.4 is 0 Å². The molecule has 0 saturated heterocycles. The summed E-state index contributed by atoms with van der Waals surface area (Å²) in [5.74, 6) is 0. The summed E-state index contributed by atoms with van der Waals surface area (Å²) in [7, 11) is 0. The third-order valence-electron chi connectivity index (χ3n) is 3.91. The Hall–Kier alpha value is -0.720. The lowest BCUT2D eigenvalue weighted by molar-refractivity contribution is 0.622. The summed E-state index contributed by atoms with van der Waals surface area (Å²) < 4.78 is 0. The summed E-state index contributed by atoms with van der Waals surface area (Å²) in [4.78, 5) is 3.59. The minimum Gasteiger partial charge on any atom is -0.362 e. The lowest BCUT2D eigenvalue weighted by Crippen LogP contribution is -1.89. The number of nitrogens with one attached hydrogen (secondary N) is 1. The Morgan fingerprint density at radius 2 is 1.05 bits per heavy atom. The van der Waals surface area contributed by atoms with E-state index in [9.17, 15) is 0 Å². The summed E-state index contributed by atoms with van der Waals surface area (Å²) in [5.41, 5.74) is 2.89. The Labute approximate surface area is 120 Å². The van der Waals surface area contributed by atoms with Gasteiger partial charge in [0.05, 0.1) is 0 Å². The normalized spacial score (nSPS) is 11.1. The second-order valence-electron chi connectivity index (χ2n) is 5.84. The molecule has 0 saturated carbocycles. The number of hydrogen-bond donors (Lipinski definition) is 1. The summed E-state index contributed by atoms with van der Waals surface area (Å²) in [6.45, 7) is 4.55. The molecule has 1 rings (SSSR count). The number of aromatic nitrogens is 1. The maximum atomic E-state index is 3.59. The van der Waals surface area contributed by atoms with Crippen LogP contribution >= 0.6 is 0 Å². The molecule has 0 aliphatic heterocycles. The van der Waals surface area contributed by atoms with Crippen molar-refractivity contribution in [3.63, 3.8) is 0 Å². The first-order valence-corrected chi connectivity index (χ1v) is 8.53. The highest BCUT2D eigenvalue weighted by Crippen LogP contribution is 2.12. The van der Waals surface area contributed by atoms with Gasteiger partial charge in [0.2, 0.25) is 0 Å². The van der Waals surface area contributed by atoms with E-state index >= 15 is 0 Å². The molecule has 0 fully saturated rings. The van der Waals surface area contributed by atoms with Crippen molar-refractivity contribution in [1.82, 2.24) is 4.98 Å². The van der Waals surface area contributed by atoms with E-state index in [1.165, 1.54) is 88.4 Å². The van der Waals surface area contributed by atoms with Gasteiger partial charge in [-0.05, 0) is 37.8 Å². The number of aromatic amines is 1. The predicted molar refractivity (Wildman–Crippen MR) is 85.7 cm³/mol. The van der Waals surface area contributed by atoms with Crippen molar-refractivity contribution in [1.29, 1.82) is 0 Å². The average Bonchev–Trinajstić information content (AvgIpc) is 2.86. The molecule has 110 valence electrons. The molecule has 1 aromatic heterocycles. The molecule has 1 heterocycles. The molecule has 1 nitrogen and oxygen atoms in total. The lowest BCUT2D eigenvalue weighted by Gasteiger charge is -2.00. The Balaban J connectivity index is 2.07. The molecular weight excluding hydrogens is 230 g/mol. The van der Waals surface area contributed by atoms with Crippen LogP contribution in [0, 0.1) is 0 Å². The maximum Gasteiger partial charge on any atom is 0.0149 e. The van der Waals surface area contributed by atoms with Crippen LogP contribution in [-0.4, -0.2) is 4.98 Å². The van der Waals surface area contributed by atoms with Gasteiger partial charge in [0.25, 0.3) is 0 Å². The van der Waals surface area contributed by atoms with Gasteiger partial charge in [0.1, 0.15) is 0 Å². The molecule has 0 amide bonds. The van der Waals surface area contributed by atoms with Crippen molar-refractivity contribution in [3.05, 3.63) is 23.5 Å². The molecule has 1 heteroatoms. The summed E-state index contributed by atoms with van der Waals surface area (Å²) in [5, 5.41) is 0. The van der Waals surface area contributed by atoms with Gasteiger partial charge in [-0.3, -0.25) is 0 Å². The molecule has 0 bridgehead atoms. The maximum absolute atomic E-state index is 3.59. The van der Waals surface area contributed by atoms with E-state index in [4.69, 9.17) is 0 Å². The van der Waals surface area contributed by atoms with Crippen molar-refractivity contribution in [2.45, 2.75) is 90.9 Å². The first-order chi connectivity index (χ1) is 9.36. The molecule has 19 heavy (non-hydrogen) atoms. The van der Waals surface area contributed by atoms with Gasteiger partial charge in [-0.1, -0.05) is 65.2 Å². The van der Waals surface area contributed by atoms with Crippen LogP contribution in [0.2, 0.25) is 0 Å². The topological polar surface area (TPSA) is 15.8 Å². The van der Waals surface area contributed by atoms with Crippen LogP contribution in [0.1, 0.15) is 89.4 Å². The number of unbranched alkanes of at least 4 members (excludes halogenated alkanes) is 8. The average molecular weight is 263 g/mol. The van der Waals surface area contributed by atoms with Crippen molar-refractivity contribution in [2.75, 3.05) is 0 Å². The fraction of sp³-hybridized carbons (Fsp3) is 0.778. The largest absolute Gasteiger partial charge is 0.362 e. The molecular formula is C18H33N. The van der Waals surface area contributed by atoms with Gasteiger partial charge in [-0.15, -0.1) is 0 Å². The molecule has 0 atom stereocenters. The van der Waals surface area contributed by atoms with Crippen LogP contribution in [0.25, 0.3) is 0 Å². The van der Waals surface area contributed by atoms with Crippen molar-refractivity contribution in [2.24, 2.45) is 0 Å². The number of H-pyrrole nitrogens is 1. The first kappa shape index (κ1) is 16.3. The van der Waals surface area contributed by atoms with Crippen LogP contribution in [0.5, 0.6) is 0 Å². The van der Waals surface area contributed by atoms with Crippen LogP contribution in [0.3, 0.4) is 0 Å². The zero-order valence-electron chi connectivity index (χ0n) is 13.1. The highest BCUT2D eigenvalue weighted by molar-refractivity contribution is 5.13. The molecule has 0 aliphatic carbocycles. The van der Waals surface area contributed by atoms with E-state index in [0.29, 0.717) is 0 Å². The van der Waals surface area contributed by atoms with Crippen LogP contribution in [-0.2, 0) is 12.8 Å². The van der Waals surface area contributed by atoms with E-state index in [0.717, 1.165) is 0 Å². The Morgan fingerprint density at radius 3 is 1.47 bits per heavy atom. The van der Waals surface area contributed by atoms with E-state index in [1.54, 1.807) is 0 Å². The molecule has 1 N–H and O–H groups in total. The smallest absolute Gasteiger partial charge is 0.0149 e. The molecule has 0 aliphatic rings. The highest BCUT2D eigenvalue weighted by atomic mass is 14.7. The van der Waals surface area contributed by atoms with Gasteiger partial charge < -0.3 is 4.98 Å².